The summed E-state index contributed by atoms with van der Waals surface area (Å²) in [4.78, 5) is 0. The predicted octanol–water partition coefficient (Wildman–Crippen LogP) is 6.06. The molecular formula is C22H21N. The fourth-order valence-corrected chi connectivity index (χ4v) is 3.25. The lowest BCUT2D eigenvalue weighted by Gasteiger charge is -2.19. The Hall–Kier alpha value is -2.54. The van der Waals surface area contributed by atoms with Crippen molar-refractivity contribution in [2.24, 2.45) is 0 Å². The van der Waals surface area contributed by atoms with E-state index in [9.17, 15) is 0 Å². The van der Waals surface area contributed by atoms with Crippen molar-refractivity contribution < 1.29 is 0 Å². The van der Waals surface area contributed by atoms with E-state index in [0.717, 1.165) is 0 Å². The van der Waals surface area contributed by atoms with Crippen molar-refractivity contribution in [2.75, 3.05) is 0 Å². The molecule has 0 aliphatic rings. The molecule has 2 heterocycles. The van der Waals surface area contributed by atoms with Crippen molar-refractivity contribution in [3.63, 3.8) is 0 Å². The molecule has 0 atom stereocenters. The largest absolute Gasteiger partial charge is 0.316 e. The molecular weight excluding hydrogens is 278 g/mol. The summed E-state index contributed by atoms with van der Waals surface area (Å²) >= 11 is 0. The molecule has 0 amide bonds. The minimum atomic E-state index is 0.187. The van der Waals surface area contributed by atoms with E-state index in [2.05, 4.69) is 98.1 Å². The van der Waals surface area contributed by atoms with Gasteiger partial charge in [0.2, 0.25) is 0 Å². The number of para-hydroxylation sites is 1. The van der Waals surface area contributed by atoms with Gasteiger partial charge in [0.05, 0.1) is 11.0 Å². The smallest absolute Gasteiger partial charge is 0.0534 e. The molecule has 4 rings (SSSR count). The molecule has 0 unspecified atom stereocenters. The van der Waals surface area contributed by atoms with Crippen LogP contribution in [0.4, 0.5) is 0 Å². The third-order valence-electron chi connectivity index (χ3n) is 4.58. The Kier molecular flexibility index (Phi) is 3.05. The first-order valence-electron chi connectivity index (χ1n) is 8.14. The summed E-state index contributed by atoms with van der Waals surface area (Å²) in [6.45, 7) is 6.76. The van der Waals surface area contributed by atoms with Crippen molar-refractivity contribution in [3.05, 3.63) is 78.5 Å². The first-order chi connectivity index (χ1) is 11.0. The van der Waals surface area contributed by atoms with E-state index in [1.807, 2.05) is 0 Å². The zero-order chi connectivity index (χ0) is 16.0. The highest BCUT2D eigenvalue weighted by Gasteiger charge is 2.14. The SMILES string of the molecule is CC(C)(C)c1ccc(-c2cc3ccccc3n3cccc23)cc1. The normalized spacial score (nSPS) is 12.1. The average molecular weight is 299 g/mol. The fourth-order valence-electron chi connectivity index (χ4n) is 3.25. The van der Waals surface area contributed by atoms with Gasteiger partial charge in [0.25, 0.3) is 0 Å². The Bertz CT molecular complexity index is 982. The Morgan fingerprint density at radius 3 is 2.17 bits per heavy atom. The van der Waals surface area contributed by atoms with Gasteiger partial charge in [0.15, 0.2) is 0 Å². The third-order valence-corrected chi connectivity index (χ3v) is 4.58. The molecule has 4 aromatic rings. The van der Waals surface area contributed by atoms with Crippen molar-refractivity contribution in [3.8, 4) is 11.1 Å². The van der Waals surface area contributed by atoms with Gasteiger partial charge in [-0.15, -0.1) is 0 Å². The van der Waals surface area contributed by atoms with Crippen LogP contribution < -0.4 is 0 Å². The van der Waals surface area contributed by atoms with Crippen molar-refractivity contribution in [1.29, 1.82) is 0 Å². The summed E-state index contributed by atoms with van der Waals surface area (Å²) in [5, 5.41) is 1.27. The fraction of sp³-hybridized carbons (Fsp3) is 0.182. The van der Waals surface area contributed by atoms with Gasteiger partial charge in [-0.1, -0.05) is 63.2 Å². The number of hydrogen-bond donors (Lipinski definition) is 0. The van der Waals surface area contributed by atoms with Crippen LogP contribution in [0, 0.1) is 0 Å². The van der Waals surface area contributed by atoms with Crippen LogP contribution >= 0.6 is 0 Å². The first kappa shape index (κ1) is 14.1. The van der Waals surface area contributed by atoms with Crippen LogP contribution in [-0.4, -0.2) is 4.40 Å². The Morgan fingerprint density at radius 1 is 0.739 bits per heavy atom. The average Bonchev–Trinajstić information content (AvgIpc) is 3.03. The van der Waals surface area contributed by atoms with E-state index in [1.165, 1.54) is 33.1 Å². The number of rotatable bonds is 1. The Labute approximate surface area is 137 Å². The highest BCUT2D eigenvalue weighted by molar-refractivity contribution is 5.93. The van der Waals surface area contributed by atoms with Crippen LogP contribution in [-0.2, 0) is 5.41 Å². The number of aromatic nitrogens is 1. The second kappa shape index (κ2) is 4.99. The number of fused-ring (bicyclic) bond motifs is 3. The quantitative estimate of drug-likeness (QED) is 0.402. The van der Waals surface area contributed by atoms with Gasteiger partial charge in [0, 0.05) is 11.8 Å². The predicted molar refractivity (Wildman–Crippen MR) is 99.0 cm³/mol. The minimum absolute atomic E-state index is 0.187. The van der Waals surface area contributed by atoms with Gasteiger partial charge in [-0.3, -0.25) is 0 Å². The maximum Gasteiger partial charge on any atom is 0.0534 e. The van der Waals surface area contributed by atoms with E-state index in [-0.39, 0.29) is 5.41 Å². The van der Waals surface area contributed by atoms with E-state index >= 15 is 0 Å². The first-order valence-corrected chi connectivity index (χ1v) is 8.14. The molecule has 2 aromatic heterocycles. The summed E-state index contributed by atoms with van der Waals surface area (Å²) in [6.07, 6.45) is 2.14. The summed E-state index contributed by atoms with van der Waals surface area (Å²) in [6, 6.07) is 24.2. The Balaban J connectivity index is 1.95. The molecule has 1 nitrogen and oxygen atoms in total. The molecule has 0 N–H and O–H groups in total. The second-order valence-corrected chi connectivity index (χ2v) is 7.21. The van der Waals surface area contributed by atoms with Crippen LogP contribution in [0.15, 0.2) is 72.9 Å². The molecule has 23 heavy (non-hydrogen) atoms. The van der Waals surface area contributed by atoms with Crippen LogP contribution in [0.5, 0.6) is 0 Å². The summed E-state index contributed by atoms with van der Waals surface area (Å²) in [5.41, 5.74) is 6.62. The maximum absolute atomic E-state index is 2.30. The molecule has 0 radical (unpaired) electrons. The summed E-state index contributed by atoms with van der Waals surface area (Å²) in [5.74, 6) is 0. The van der Waals surface area contributed by atoms with Gasteiger partial charge in [-0.2, -0.15) is 0 Å². The molecule has 0 fully saturated rings. The molecule has 1 heteroatoms. The molecule has 0 bridgehead atoms. The lowest BCUT2D eigenvalue weighted by atomic mass is 9.86. The molecule has 114 valence electrons. The van der Waals surface area contributed by atoms with E-state index in [4.69, 9.17) is 0 Å². The summed E-state index contributed by atoms with van der Waals surface area (Å²) in [7, 11) is 0. The minimum Gasteiger partial charge on any atom is -0.316 e. The van der Waals surface area contributed by atoms with Crippen LogP contribution in [0.3, 0.4) is 0 Å². The molecule has 0 saturated carbocycles. The van der Waals surface area contributed by atoms with Gasteiger partial charge in [-0.25, -0.2) is 0 Å². The van der Waals surface area contributed by atoms with Gasteiger partial charge in [-0.05, 0) is 46.2 Å². The monoisotopic (exact) mass is 299 g/mol. The van der Waals surface area contributed by atoms with Crippen molar-refractivity contribution >= 4 is 16.4 Å². The van der Waals surface area contributed by atoms with Crippen molar-refractivity contribution in [1.82, 2.24) is 4.40 Å². The topological polar surface area (TPSA) is 4.41 Å². The van der Waals surface area contributed by atoms with Gasteiger partial charge in [0.1, 0.15) is 0 Å². The van der Waals surface area contributed by atoms with Crippen LogP contribution in [0.25, 0.3) is 27.5 Å². The number of hydrogen-bond acceptors (Lipinski definition) is 0. The maximum atomic E-state index is 2.30. The van der Waals surface area contributed by atoms with Crippen LogP contribution in [0.1, 0.15) is 26.3 Å². The van der Waals surface area contributed by atoms with Gasteiger partial charge >= 0.3 is 0 Å². The van der Waals surface area contributed by atoms with Crippen molar-refractivity contribution in [2.45, 2.75) is 26.2 Å². The highest BCUT2D eigenvalue weighted by atomic mass is 14.9. The highest BCUT2D eigenvalue weighted by Crippen LogP contribution is 2.31. The Morgan fingerprint density at radius 2 is 1.43 bits per heavy atom. The summed E-state index contributed by atoms with van der Waals surface area (Å²) < 4.78 is 2.28. The molecule has 0 spiro atoms. The zero-order valence-corrected chi connectivity index (χ0v) is 13.9. The lowest BCUT2D eigenvalue weighted by Crippen LogP contribution is -2.10. The van der Waals surface area contributed by atoms with Gasteiger partial charge < -0.3 is 4.40 Å². The molecule has 0 saturated heterocycles. The molecule has 0 aliphatic carbocycles. The second-order valence-electron chi connectivity index (χ2n) is 7.21. The number of pyridine rings is 1. The number of benzene rings is 2. The van der Waals surface area contributed by atoms with E-state index in [1.54, 1.807) is 0 Å². The van der Waals surface area contributed by atoms with Crippen LogP contribution in [0.2, 0.25) is 0 Å². The third kappa shape index (κ3) is 2.33. The van der Waals surface area contributed by atoms with E-state index < -0.39 is 0 Å². The van der Waals surface area contributed by atoms with E-state index in [0.29, 0.717) is 0 Å². The zero-order valence-electron chi connectivity index (χ0n) is 13.9. The lowest BCUT2D eigenvalue weighted by molar-refractivity contribution is 0.590. The molecule has 0 aliphatic heterocycles. The standard InChI is InChI=1S/C22H21N/c1-22(2,3)18-12-10-16(11-13-18)19-15-17-7-4-5-8-20(17)23-14-6-9-21(19)23/h4-15H,1-3H3. The number of nitrogens with zero attached hydrogens (tertiary/aromatic N) is 1. The molecule has 2 aromatic carbocycles.